The first-order chi connectivity index (χ1) is 10.2. The molecule has 3 N–H and O–H groups in total. The summed E-state index contributed by atoms with van der Waals surface area (Å²) in [6.07, 6.45) is 0. The van der Waals surface area contributed by atoms with E-state index < -0.39 is 0 Å². The molecule has 2 rings (SSSR count). The number of rotatable bonds is 7. The van der Waals surface area contributed by atoms with E-state index in [0.29, 0.717) is 24.0 Å². The quantitative estimate of drug-likeness (QED) is 0.607. The Morgan fingerprint density at radius 2 is 1.67 bits per heavy atom. The Kier molecular flexibility index (Phi) is 5.54. The molecule has 110 valence electrons. The molecule has 5 heteroatoms. The molecule has 4 nitrogen and oxygen atoms in total. The van der Waals surface area contributed by atoms with Gasteiger partial charge in [-0.05, 0) is 30.3 Å². The summed E-state index contributed by atoms with van der Waals surface area (Å²) in [6, 6.07) is 14.6. The summed E-state index contributed by atoms with van der Waals surface area (Å²) in [5.41, 5.74) is 7.10. The van der Waals surface area contributed by atoms with Gasteiger partial charge in [0.05, 0.1) is 6.61 Å². The smallest absolute Gasteiger partial charge is 0.124 e. The molecule has 2 aromatic rings. The van der Waals surface area contributed by atoms with Gasteiger partial charge in [0.1, 0.15) is 29.7 Å². The van der Waals surface area contributed by atoms with E-state index in [1.165, 1.54) is 0 Å². The SMILES string of the molecule is NC(=S)c1ccc(OCCOc2ccccc2CO)cc1. The van der Waals surface area contributed by atoms with Gasteiger partial charge in [0.15, 0.2) is 0 Å². The summed E-state index contributed by atoms with van der Waals surface area (Å²) in [7, 11) is 0. The Bertz CT molecular complexity index is 599. The van der Waals surface area contributed by atoms with Crippen molar-refractivity contribution in [2.45, 2.75) is 6.61 Å². The maximum Gasteiger partial charge on any atom is 0.124 e. The molecule has 0 aliphatic rings. The number of hydrogen-bond donors (Lipinski definition) is 2. The number of benzene rings is 2. The van der Waals surface area contributed by atoms with Crippen LogP contribution in [0.2, 0.25) is 0 Å². The summed E-state index contributed by atoms with van der Waals surface area (Å²) in [5, 5.41) is 9.19. The van der Waals surface area contributed by atoms with Crippen LogP contribution in [-0.2, 0) is 6.61 Å². The van der Waals surface area contributed by atoms with Gasteiger partial charge in [-0.15, -0.1) is 0 Å². The Balaban J connectivity index is 1.80. The lowest BCUT2D eigenvalue weighted by Crippen LogP contribution is -2.11. The molecule has 0 bridgehead atoms. The fourth-order valence-corrected chi connectivity index (χ4v) is 1.94. The minimum Gasteiger partial charge on any atom is -0.490 e. The number of hydrogen-bond acceptors (Lipinski definition) is 4. The van der Waals surface area contributed by atoms with Crippen LogP contribution < -0.4 is 15.2 Å². The van der Waals surface area contributed by atoms with Crippen LogP contribution in [0.4, 0.5) is 0 Å². The molecule has 0 aromatic heterocycles. The molecule has 0 fully saturated rings. The largest absolute Gasteiger partial charge is 0.490 e. The monoisotopic (exact) mass is 303 g/mol. The molecular weight excluding hydrogens is 286 g/mol. The maximum atomic E-state index is 9.19. The normalized spacial score (nSPS) is 10.1. The van der Waals surface area contributed by atoms with Gasteiger partial charge in [0.2, 0.25) is 0 Å². The van der Waals surface area contributed by atoms with E-state index in [1.54, 1.807) is 0 Å². The molecule has 0 radical (unpaired) electrons. The first-order valence-electron chi connectivity index (χ1n) is 6.55. The molecule has 21 heavy (non-hydrogen) atoms. The molecule has 0 atom stereocenters. The summed E-state index contributed by atoms with van der Waals surface area (Å²) < 4.78 is 11.2. The van der Waals surface area contributed by atoms with Crippen molar-refractivity contribution in [1.29, 1.82) is 0 Å². The molecule has 0 aliphatic heterocycles. The van der Waals surface area contributed by atoms with Gasteiger partial charge in [-0.3, -0.25) is 0 Å². The lowest BCUT2D eigenvalue weighted by atomic mass is 10.2. The van der Waals surface area contributed by atoms with Crippen LogP contribution in [0.1, 0.15) is 11.1 Å². The second-order valence-corrected chi connectivity index (χ2v) is 4.79. The Labute approximate surface area is 129 Å². The van der Waals surface area contributed by atoms with Gasteiger partial charge < -0.3 is 20.3 Å². The fourth-order valence-electron chi connectivity index (χ4n) is 1.80. The van der Waals surface area contributed by atoms with Crippen LogP contribution >= 0.6 is 12.2 Å². The van der Waals surface area contributed by atoms with Crippen molar-refractivity contribution in [2.75, 3.05) is 13.2 Å². The highest BCUT2D eigenvalue weighted by molar-refractivity contribution is 7.80. The standard InChI is InChI=1S/C16H17NO3S/c17-16(21)12-5-7-14(8-6-12)19-9-10-20-15-4-2-1-3-13(15)11-18/h1-8,18H,9-11H2,(H2,17,21). The van der Waals surface area contributed by atoms with Gasteiger partial charge in [-0.25, -0.2) is 0 Å². The molecule has 0 aliphatic carbocycles. The van der Waals surface area contributed by atoms with Crippen LogP contribution in [-0.4, -0.2) is 23.3 Å². The highest BCUT2D eigenvalue weighted by Gasteiger charge is 2.02. The van der Waals surface area contributed by atoms with Gasteiger partial charge in [-0.2, -0.15) is 0 Å². The third kappa shape index (κ3) is 4.44. The molecule has 0 saturated heterocycles. The number of aliphatic hydroxyl groups is 1. The van der Waals surface area contributed by atoms with E-state index >= 15 is 0 Å². The van der Waals surface area contributed by atoms with Crippen molar-refractivity contribution >= 4 is 17.2 Å². The number of para-hydroxylation sites is 1. The summed E-state index contributed by atoms with van der Waals surface area (Å²) in [6.45, 7) is 0.762. The average Bonchev–Trinajstić information content (AvgIpc) is 2.52. The van der Waals surface area contributed by atoms with Crippen molar-refractivity contribution in [3.63, 3.8) is 0 Å². The number of ether oxygens (including phenoxy) is 2. The number of nitrogens with two attached hydrogens (primary N) is 1. The zero-order valence-corrected chi connectivity index (χ0v) is 12.3. The van der Waals surface area contributed by atoms with E-state index in [9.17, 15) is 5.11 Å². The molecular formula is C16H17NO3S. The predicted octanol–water partition coefficient (Wildman–Crippen LogP) is 2.27. The van der Waals surface area contributed by atoms with E-state index in [1.807, 2.05) is 48.5 Å². The minimum absolute atomic E-state index is 0.0442. The fraction of sp³-hybridized carbons (Fsp3) is 0.188. The third-order valence-electron chi connectivity index (χ3n) is 2.89. The average molecular weight is 303 g/mol. The number of aliphatic hydroxyl groups excluding tert-OH is 1. The van der Waals surface area contributed by atoms with Gasteiger partial charge in [-0.1, -0.05) is 30.4 Å². The van der Waals surface area contributed by atoms with Gasteiger partial charge >= 0.3 is 0 Å². The Hall–Kier alpha value is -2.11. The topological polar surface area (TPSA) is 64.7 Å². The predicted molar refractivity (Wildman–Crippen MR) is 85.7 cm³/mol. The van der Waals surface area contributed by atoms with Crippen molar-refractivity contribution in [3.05, 3.63) is 59.7 Å². The second-order valence-electron chi connectivity index (χ2n) is 4.35. The van der Waals surface area contributed by atoms with Crippen LogP contribution in [0, 0.1) is 0 Å². The zero-order chi connectivity index (χ0) is 15.1. The first kappa shape index (κ1) is 15.3. The summed E-state index contributed by atoms with van der Waals surface area (Å²) >= 11 is 4.89. The molecule has 0 amide bonds. The van der Waals surface area contributed by atoms with Crippen LogP contribution in [0.25, 0.3) is 0 Å². The molecule has 2 aromatic carbocycles. The Morgan fingerprint density at radius 3 is 2.33 bits per heavy atom. The highest BCUT2D eigenvalue weighted by Crippen LogP contribution is 2.17. The molecule has 0 unspecified atom stereocenters. The van der Waals surface area contributed by atoms with Crippen molar-refractivity contribution in [2.24, 2.45) is 5.73 Å². The minimum atomic E-state index is -0.0442. The van der Waals surface area contributed by atoms with E-state index in [4.69, 9.17) is 27.4 Å². The molecule has 0 saturated carbocycles. The Morgan fingerprint density at radius 1 is 1.00 bits per heavy atom. The maximum absolute atomic E-state index is 9.19. The van der Waals surface area contributed by atoms with Gasteiger partial charge in [0, 0.05) is 11.1 Å². The lowest BCUT2D eigenvalue weighted by Gasteiger charge is -2.11. The first-order valence-corrected chi connectivity index (χ1v) is 6.96. The highest BCUT2D eigenvalue weighted by atomic mass is 32.1. The van der Waals surface area contributed by atoms with Crippen molar-refractivity contribution < 1.29 is 14.6 Å². The number of thiocarbonyl (C=S) groups is 1. The van der Waals surface area contributed by atoms with Crippen molar-refractivity contribution in [1.82, 2.24) is 0 Å². The van der Waals surface area contributed by atoms with E-state index in [2.05, 4.69) is 0 Å². The van der Waals surface area contributed by atoms with E-state index in [-0.39, 0.29) is 6.61 Å². The van der Waals surface area contributed by atoms with Gasteiger partial charge in [0.25, 0.3) is 0 Å². The van der Waals surface area contributed by atoms with Crippen molar-refractivity contribution in [3.8, 4) is 11.5 Å². The molecule has 0 spiro atoms. The summed E-state index contributed by atoms with van der Waals surface area (Å²) in [4.78, 5) is 0.366. The summed E-state index contributed by atoms with van der Waals surface area (Å²) in [5.74, 6) is 1.40. The van der Waals surface area contributed by atoms with E-state index in [0.717, 1.165) is 16.9 Å². The van der Waals surface area contributed by atoms with Crippen LogP contribution in [0.15, 0.2) is 48.5 Å². The third-order valence-corrected chi connectivity index (χ3v) is 3.13. The van der Waals surface area contributed by atoms with Crippen LogP contribution in [0.3, 0.4) is 0 Å². The second kappa shape index (κ2) is 7.61. The lowest BCUT2D eigenvalue weighted by molar-refractivity contribution is 0.210. The van der Waals surface area contributed by atoms with Crippen LogP contribution in [0.5, 0.6) is 11.5 Å². The zero-order valence-electron chi connectivity index (χ0n) is 11.5. The molecule has 0 heterocycles.